The molecule has 8 nitrogen and oxygen atoms in total. The van der Waals surface area contributed by atoms with Crippen molar-refractivity contribution in [2.24, 2.45) is 0 Å². The van der Waals surface area contributed by atoms with Gasteiger partial charge in [0, 0.05) is 32.9 Å². The van der Waals surface area contributed by atoms with E-state index in [1.807, 2.05) is 19.1 Å². The number of pyridine rings is 1. The minimum Gasteiger partial charge on any atom is -0.340 e. The van der Waals surface area contributed by atoms with Crippen LogP contribution < -0.4 is 15.1 Å². The molecule has 1 aromatic heterocycles. The molecule has 1 fully saturated rings. The van der Waals surface area contributed by atoms with Crippen molar-refractivity contribution >= 4 is 38.9 Å². The molecule has 1 saturated carbocycles. The highest BCUT2D eigenvalue weighted by molar-refractivity contribution is 7.89. The maximum atomic E-state index is 12.9. The Morgan fingerprint density at radius 1 is 1.03 bits per heavy atom. The number of sulfonamides is 1. The minimum atomic E-state index is -3.47. The van der Waals surface area contributed by atoms with E-state index in [0.29, 0.717) is 11.9 Å². The normalized spacial score (nSPS) is 19.9. The number of carbonyl (C=O) groups excluding carboxylic acids is 1. The van der Waals surface area contributed by atoms with Crippen molar-refractivity contribution < 1.29 is 13.2 Å². The molecule has 1 N–H and O–H groups in total. The largest absolute Gasteiger partial charge is 0.340 e. The first-order valence-corrected chi connectivity index (χ1v) is 12.5. The molecule has 1 amide bonds. The fourth-order valence-electron chi connectivity index (χ4n) is 4.58. The summed E-state index contributed by atoms with van der Waals surface area (Å²) < 4.78 is 25.8. The summed E-state index contributed by atoms with van der Waals surface area (Å²) in [5.74, 6) is 1.56. The van der Waals surface area contributed by atoms with Crippen LogP contribution in [0.15, 0.2) is 41.3 Å². The predicted octanol–water partition coefficient (Wildman–Crippen LogP) is 3.58. The van der Waals surface area contributed by atoms with Gasteiger partial charge in [0.2, 0.25) is 15.9 Å². The molecule has 2 aromatic rings. The number of rotatable bonds is 5. The molecule has 0 radical (unpaired) electrons. The number of hydrogen-bond donors (Lipinski definition) is 1. The monoisotopic (exact) mass is 457 g/mol. The molecule has 0 spiro atoms. The molecule has 32 heavy (non-hydrogen) atoms. The van der Waals surface area contributed by atoms with Gasteiger partial charge in [0.05, 0.1) is 10.6 Å². The van der Waals surface area contributed by atoms with E-state index in [0.717, 1.165) is 30.0 Å². The van der Waals surface area contributed by atoms with Gasteiger partial charge in [-0.3, -0.25) is 4.79 Å². The lowest BCUT2D eigenvalue weighted by Gasteiger charge is -2.44. The summed E-state index contributed by atoms with van der Waals surface area (Å²) in [6.45, 7) is 1.96. The minimum absolute atomic E-state index is 0.0864. The number of benzene rings is 1. The Morgan fingerprint density at radius 3 is 2.31 bits per heavy atom. The first-order chi connectivity index (χ1) is 15.2. The van der Waals surface area contributed by atoms with Crippen LogP contribution in [0.2, 0.25) is 0 Å². The second-order valence-corrected chi connectivity index (χ2v) is 10.9. The number of amides is 1. The molecule has 0 saturated heterocycles. The molecule has 1 atom stereocenters. The summed E-state index contributed by atoms with van der Waals surface area (Å²) in [4.78, 5) is 21.9. The first kappa shape index (κ1) is 22.5. The second-order valence-electron chi connectivity index (χ2n) is 8.75. The van der Waals surface area contributed by atoms with Crippen LogP contribution >= 0.6 is 0 Å². The van der Waals surface area contributed by atoms with Gasteiger partial charge in [0.15, 0.2) is 5.82 Å². The Labute approximate surface area is 190 Å². The SMILES string of the molecule is C[C@@H]1C(=O)N(C)c2ccc(Nc3ccc(S(=O)(=O)N(C)C)cc3)nc2N1C1CCCCC1. The fraction of sp³-hybridized carbons (Fsp3) is 0.478. The van der Waals surface area contributed by atoms with Gasteiger partial charge in [-0.25, -0.2) is 17.7 Å². The molecule has 1 aromatic carbocycles. The van der Waals surface area contributed by atoms with Crippen molar-refractivity contribution in [3.8, 4) is 0 Å². The number of hydrogen-bond acceptors (Lipinski definition) is 6. The Balaban J connectivity index is 1.64. The van der Waals surface area contributed by atoms with E-state index in [2.05, 4.69) is 10.2 Å². The number of nitrogens with zero attached hydrogens (tertiary/aromatic N) is 4. The van der Waals surface area contributed by atoms with Crippen molar-refractivity contribution in [2.75, 3.05) is 36.3 Å². The topological polar surface area (TPSA) is 85.8 Å². The third kappa shape index (κ3) is 4.06. The van der Waals surface area contributed by atoms with Crippen molar-refractivity contribution in [1.82, 2.24) is 9.29 Å². The first-order valence-electron chi connectivity index (χ1n) is 11.1. The number of likely N-dealkylation sites (N-methyl/N-ethyl adjacent to an activating group) is 1. The molecule has 172 valence electrons. The summed E-state index contributed by atoms with van der Waals surface area (Å²) in [6, 6.07) is 10.5. The Hall–Kier alpha value is -2.65. The molecular weight excluding hydrogens is 426 g/mol. The van der Waals surface area contributed by atoms with Crippen molar-refractivity contribution in [2.45, 2.75) is 56.0 Å². The zero-order chi connectivity index (χ0) is 23.0. The van der Waals surface area contributed by atoms with Crippen LogP contribution in [0.3, 0.4) is 0 Å². The van der Waals surface area contributed by atoms with Crippen LogP contribution in [0.5, 0.6) is 0 Å². The van der Waals surface area contributed by atoms with Gasteiger partial charge in [-0.1, -0.05) is 19.3 Å². The van der Waals surface area contributed by atoms with Gasteiger partial charge < -0.3 is 15.1 Å². The van der Waals surface area contributed by atoms with E-state index >= 15 is 0 Å². The smallest absolute Gasteiger partial charge is 0.249 e. The van der Waals surface area contributed by atoms with Gasteiger partial charge in [0.1, 0.15) is 11.9 Å². The lowest BCUT2D eigenvalue weighted by molar-refractivity contribution is -0.119. The molecular formula is C23H31N5O3S. The Bertz CT molecular complexity index is 1100. The van der Waals surface area contributed by atoms with Crippen molar-refractivity contribution in [3.05, 3.63) is 36.4 Å². The molecule has 0 unspecified atom stereocenters. The van der Waals surface area contributed by atoms with Gasteiger partial charge >= 0.3 is 0 Å². The van der Waals surface area contributed by atoms with E-state index in [9.17, 15) is 13.2 Å². The van der Waals surface area contributed by atoms with E-state index in [1.54, 1.807) is 36.2 Å². The maximum absolute atomic E-state index is 12.9. The molecule has 1 aliphatic carbocycles. The van der Waals surface area contributed by atoms with Gasteiger partial charge in [-0.2, -0.15) is 0 Å². The molecule has 9 heteroatoms. The maximum Gasteiger partial charge on any atom is 0.249 e. The number of carbonyl (C=O) groups is 1. The lowest BCUT2D eigenvalue weighted by Crippen LogP contribution is -2.55. The quantitative estimate of drug-likeness (QED) is 0.739. The molecule has 2 heterocycles. The van der Waals surface area contributed by atoms with E-state index in [4.69, 9.17) is 4.98 Å². The van der Waals surface area contributed by atoms with Crippen LogP contribution in [0.1, 0.15) is 39.0 Å². The number of anilines is 4. The van der Waals surface area contributed by atoms with Crippen LogP contribution in [0, 0.1) is 0 Å². The van der Waals surface area contributed by atoms with Crippen LogP contribution in [0.25, 0.3) is 0 Å². The third-order valence-corrected chi connectivity index (χ3v) is 8.27. The lowest BCUT2D eigenvalue weighted by atomic mass is 9.92. The summed E-state index contributed by atoms with van der Waals surface area (Å²) in [6.07, 6.45) is 5.73. The Kier molecular flexibility index (Phi) is 6.13. The van der Waals surface area contributed by atoms with Crippen molar-refractivity contribution in [3.63, 3.8) is 0 Å². The second kappa shape index (κ2) is 8.71. The molecule has 0 bridgehead atoms. The van der Waals surface area contributed by atoms with Crippen LogP contribution in [-0.2, 0) is 14.8 Å². The summed E-state index contributed by atoms with van der Waals surface area (Å²) in [5, 5.41) is 3.28. The zero-order valence-electron chi connectivity index (χ0n) is 19.1. The number of aromatic nitrogens is 1. The van der Waals surface area contributed by atoms with Gasteiger partial charge in [0.25, 0.3) is 0 Å². The van der Waals surface area contributed by atoms with Crippen LogP contribution in [-0.4, -0.2) is 56.8 Å². The third-order valence-electron chi connectivity index (χ3n) is 6.44. The van der Waals surface area contributed by atoms with E-state index in [1.165, 1.54) is 37.7 Å². The average molecular weight is 458 g/mol. The molecule has 4 rings (SSSR count). The van der Waals surface area contributed by atoms with Crippen LogP contribution in [0.4, 0.5) is 23.0 Å². The predicted molar refractivity (Wildman–Crippen MR) is 127 cm³/mol. The summed E-state index contributed by atoms with van der Waals surface area (Å²) in [5.41, 5.74) is 1.56. The van der Waals surface area contributed by atoms with Gasteiger partial charge in [-0.15, -0.1) is 0 Å². The zero-order valence-corrected chi connectivity index (χ0v) is 19.9. The summed E-state index contributed by atoms with van der Waals surface area (Å²) in [7, 11) is 1.36. The molecule has 2 aliphatic rings. The van der Waals surface area contributed by atoms with E-state index in [-0.39, 0.29) is 16.8 Å². The highest BCUT2D eigenvalue weighted by atomic mass is 32.2. The van der Waals surface area contributed by atoms with Crippen molar-refractivity contribution in [1.29, 1.82) is 0 Å². The van der Waals surface area contributed by atoms with Gasteiger partial charge in [-0.05, 0) is 56.2 Å². The highest BCUT2D eigenvalue weighted by Gasteiger charge is 2.38. The highest BCUT2D eigenvalue weighted by Crippen LogP contribution is 2.39. The Morgan fingerprint density at radius 2 is 1.69 bits per heavy atom. The summed E-state index contributed by atoms with van der Waals surface area (Å²) >= 11 is 0. The standard InChI is InChI=1S/C23H31N5O3S/c1-16-23(29)27(4)20-14-15-21(25-22(20)28(16)18-8-6-5-7-9-18)24-17-10-12-19(13-11-17)32(30,31)26(2)3/h10-16,18H,5-9H2,1-4H3,(H,24,25)/t16-/m1/s1. The number of nitrogens with one attached hydrogen (secondary N) is 1. The average Bonchev–Trinajstić information content (AvgIpc) is 2.78. The van der Waals surface area contributed by atoms with E-state index < -0.39 is 10.0 Å². The number of fused-ring (bicyclic) bond motifs is 1. The fourth-order valence-corrected chi connectivity index (χ4v) is 5.48. The molecule has 1 aliphatic heterocycles.